The van der Waals surface area contributed by atoms with Gasteiger partial charge in [-0.3, -0.25) is 9.58 Å². The molecule has 1 aromatic heterocycles. The molecule has 2 N–H and O–H groups in total. The van der Waals surface area contributed by atoms with Gasteiger partial charge in [-0.25, -0.2) is 0 Å². The third kappa shape index (κ3) is 4.60. The van der Waals surface area contributed by atoms with Crippen LogP contribution in [0.3, 0.4) is 0 Å². The normalized spacial score (nSPS) is 18.0. The van der Waals surface area contributed by atoms with Crippen LogP contribution < -0.4 is 5.32 Å². The van der Waals surface area contributed by atoms with E-state index in [0.717, 1.165) is 19.0 Å². The van der Waals surface area contributed by atoms with Crippen molar-refractivity contribution in [3.63, 3.8) is 0 Å². The maximum atomic E-state index is 8.87. The minimum absolute atomic E-state index is 0.151. The molecule has 0 aliphatic carbocycles. The Kier molecular flexibility index (Phi) is 5.82. The van der Waals surface area contributed by atoms with Crippen LogP contribution in [-0.4, -0.2) is 53.1 Å². The third-order valence-electron chi connectivity index (χ3n) is 3.93. The lowest BCUT2D eigenvalue weighted by atomic mass is 9.93. The van der Waals surface area contributed by atoms with Crippen molar-refractivity contribution < 1.29 is 5.11 Å². The zero-order valence-corrected chi connectivity index (χ0v) is 11.9. The van der Waals surface area contributed by atoms with E-state index in [-0.39, 0.29) is 6.61 Å². The van der Waals surface area contributed by atoms with Crippen molar-refractivity contribution in [3.05, 3.63) is 18.0 Å². The van der Waals surface area contributed by atoms with Crippen LogP contribution in [-0.2, 0) is 13.1 Å². The predicted molar refractivity (Wildman–Crippen MR) is 75.9 cm³/mol. The standard InChI is InChI=1S/C14H26N4O/c1-15-5-2-13-3-6-17(7-4-13)11-14-10-16-18(12-14)8-9-19/h10,12-13,15,19H,2-9,11H2,1H3. The largest absolute Gasteiger partial charge is 0.394 e. The Balaban J connectivity index is 1.72. The Morgan fingerprint density at radius 2 is 2.21 bits per heavy atom. The molecular formula is C14H26N4O. The lowest BCUT2D eigenvalue weighted by Crippen LogP contribution is -2.33. The topological polar surface area (TPSA) is 53.3 Å². The zero-order valence-electron chi connectivity index (χ0n) is 11.9. The first-order valence-electron chi connectivity index (χ1n) is 7.31. The highest BCUT2D eigenvalue weighted by Gasteiger charge is 2.19. The van der Waals surface area contributed by atoms with Crippen LogP contribution in [0.4, 0.5) is 0 Å². The van der Waals surface area contributed by atoms with Crippen molar-refractivity contribution in [1.82, 2.24) is 20.0 Å². The van der Waals surface area contributed by atoms with Gasteiger partial charge in [0.2, 0.25) is 0 Å². The molecule has 0 amide bonds. The summed E-state index contributed by atoms with van der Waals surface area (Å²) in [5, 5.41) is 16.4. The molecule has 0 radical (unpaired) electrons. The summed E-state index contributed by atoms with van der Waals surface area (Å²) < 4.78 is 1.81. The number of hydrogen-bond acceptors (Lipinski definition) is 4. The van der Waals surface area contributed by atoms with Crippen molar-refractivity contribution in [3.8, 4) is 0 Å². The van der Waals surface area contributed by atoms with E-state index in [9.17, 15) is 0 Å². The van der Waals surface area contributed by atoms with Crippen molar-refractivity contribution >= 4 is 0 Å². The van der Waals surface area contributed by atoms with Gasteiger partial charge in [0.05, 0.1) is 19.3 Å². The molecule has 5 heteroatoms. The van der Waals surface area contributed by atoms with Crippen LogP contribution >= 0.6 is 0 Å². The molecule has 1 saturated heterocycles. The molecule has 1 aromatic rings. The van der Waals surface area contributed by atoms with Gasteiger partial charge < -0.3 is 10.4 Å². The van der Waals surface area contributed by atoms with Gasteiger partial charge in [0.15, 0.2) is 0 Å². The van der Waals surface area contributed by atoms with E-state index < -0.39 is 0 Å². The van der Waals surface area contributed by atoms with Gasteiger partial charge in [-0.1, -0.05) is 0 Å². The van der Waals surface area contributed by atoms with Crippen LogP contribution in [0.15, 0.2) is 12.4 Å². The smallest absolute Gasteiger partial charge is 0.0640 e. The van der Waals surface area contributed by atoms with Gasteiger partial charge in [0, 0.05) is 18.3 Å². The summed E-state index contributed by atoms with van der Waals surface area (Å²) in [6.45, 7) is 5.26. The summed E-state index contributed by atoms with van der Waals surface area (Å²) in [4.78, 5) is 2.51. The molecule has 2 heterocycles. The van der Waals surface area contributed by atoms with E-state index in [4.69, 9.17) is 5.11 Å². The quantitative estimate of drug-likeness (QED) is 0.763. The van der Waals surface area contributed by atoms with Gasteiger partial charge >= 0.3 is 0 Å². The van der Waals surface area contributed by atoms with Crippen LogP contribution in [0.5, 0.6) is 0 Å². The summed E-state index contributed by atoms with van der Waals surface area (Å²) in [6.07, 6.45) is 7.89. The molecule has 2 rings (SSSR count). The highest BCUT2D eigenvalue weighted by atomic mass is 16.3. The molecule has 1 fully saturated rings. The molecule has 1 aliphatic rings. The lowest BCUT2D eigenvalue weighted by Gasteiger charge is -2.31. The summed E-state index contributed by atoms with van der Waals surface area (Å²) >= 11 is 0. The number of nitrogens with one attached hydrogen (secondary N) is 1. The lowest BCUT2D eigenvalue weighted by molar-refractivity contribution is 0.172. The number of hydrogen-bond donors (Lipinski definition) is 2. The molecule has 1 aliphatic heterocycles. The van der Waals surface area contributed by atoms with E-state index in [1.165, 1.54) is 37.9 Å². The maximum absolute atomic E-state index is 8.87. The molecule has 0 unspecified atom stereocenters. The first-order chi connectivity index (χ1) is 9.31. The summed E-state index contributed by atoms with van der Waals surface area (Å²) in [5.74, 6) is 0.890. The van der Waals surface area contributed by atoms with Crippen molar-refractivity contribution in [2.75, 3.05) is 33.3 Å². The van der Waals surface area contributed by atoms with Gasteiger partial charge in [-0.15, -0.1) is 0 Å². The molecule has 0 bridgehead atoms. The molecule has 0 spiro atoms. The monoisotopic (exact) mass is 266 g/mol. The average molecular weight is 266 g/mol. The van der Waals surface area contributed by atoms with Gasteiger partial charge in [-0.05, 0) is 51.9 Å². The first-order valence-corrected chi connectivity index (χ1v) is 7.31. The van der Waals surface area contributed by atoms with Crippen molar-refractivity contribution in [2.24, 2.45) is 5.92 Å². The highest BCUT2D eigenvalue weighted by Crippen LogP contribution is 2.21. The summed E-state index contributed by atoms with van der Waals surface area (Å²) in [5.41, 5.74) is 1.25. The Hall–Kier alpha value is -0.910. The van der Waals surface area contributed by atoms with Crippen molar-refractivity contribution in [1.29, 1.82) is 0 Å². The zero-order chi connectivity index (χ0) is 13.5. The van der Waals surface area contributed by atoms with Gasteiger partial charge in [0.1, 0.15) is 0 Å². The summed E-state index contributed by atoms with van der Waals surface area (Å²) in [7, 11) is 2.03. The van der Waals surface area contributed by atoms with Gasteiger partial charge in [0.25, 0.3) is 0 Å². The minimum atomic E-state index is 0.151. The minimum Gasteiger partial charge on any atom is -0.394 e. The first kappa shape index (κ1) is 14.5. The number of aliphatic hydroxyl groups excluding tert-OH is 1. The average Bonchev–Trinajstić information content (AvgIpc) is 2.86. The Morgan fingerprint density at radius 1 is 1.42 bits per heavy atom. The number of aliphatic hydroxyl groups is 1. The highest BCUT2D eigenvalue weighted by molar-refractivity contribution is 5.03. The maximum Gasteiger partial charge on any atom is 0.0640 e. The van der Waals surface area contributed by atoms with Crippen molar-refractivity contribution in [2.45, 2.75) is 32.4 Å². The van der Waals surface area contributed by atoms with E-state index in [0.29, 0.717) is 6.54 Å². The second kappa shape index (κ2) is 7.62. The molecule has 5 nitrogen and oxygen atoms in total. The number of rotatable bonds is 7. The number of aromatic nitrogens is 2. The number of nitrogens with zero attached hydrogens (tertiary/aromatic N) is 3. The molecular weight excluding hydrogens is 240 g/mol. The number of piperidine rings is 1. The van der Waals surface area contributed by atoms with Crippen LogP contribution in [0.25, 0.3) is 0 Å². The molecule has 0 saturated carbocycles. The molecule has 0 atom stereocenters. The van der Waals surface area contributed by atoms with E-state index in [1.54, 1.807) is 0 Å². The Morgan fingerprint density at radius 3 is 2.89 bits per heavy atom. The van der Waals surface area contributed by atoms with E-state index in [1.807, 2.05) is 24.1 Å². The van der Waals surface area contributed by atoms with Crippen LogP contribution in [0.2, 0.25) is 0 Å². The second-order valence-corrected chi connectivity index (χ2v) is 5.45. The summed E-state index contributed by atoms with van der Waals surface area (Å²) in [6, 6.07) is 0. The molecule has 108 valence electrons. The third-order valence-corrected chi connectivity index (χ3v) is 3.93. The second-order valence-electron chi connectivity index (χ2n) is 5.45. The van der Waals surface area contributed by atoms with E-state index in [2.05, 4.69) is 15.3 Å². The fourth-order valence-corrected chi connectivity index (χ4v) is 2.75. The Bertz CT molecular complexity index is 358. The molecule has 19 heavy (non-hydrogen) atoms. The van der Waals surface area contributed by atoms with Gasteiger partial charge in [-0.2, -0.15) is 5.10 Å². The molecule has 0 aromatic carbocycles. The van der Waals surface area contributed by atoms with Crippen LogP contribution in [0.1, 0.15) is 24.8 Å². The predicted octanol–water partition coefficient (Wildman–Crippen LogP) is 0.697. The Labute approximate surface area is 115 Å². The fourth-order valence-electron chi connectivity index (χ4n) is 2.75. The SMILES string of the molecule is CNCCC1CCN(Cc2cnn(CCO)c2)CC1. The number of likely N-dealkylation sites (tertiary alicyclic amines) is 1. The van der Waals surface area contributed by atoms with E-state index >= 15 is 0 Å². The fraction of sp³-hybridized carbons (Fsp3) is 0.786. The van der Waals surface area contributed by atoms with Crippen LogP contribution in [0, 0.1) is 5.92 Å².